The van der Waals surface area contributed by atoms with Gasteiger partial charge in [0.1, 0.15) is 12.0 Å². The lowest BCUT2D eigenvalue weighted by atomic mass is 10.1. The topological polar surface area (TPSA) is 115 Å². The van der Waals surface area contributed by atoms with E-state index in [0.29, 0.717) is 17.2 Å². The molecule has 0 aliphatic heterocycles. The van der Waals surface area contributed by atoms with Crippen molar-refractivity contribution in [3.05, 3.63) is 63.4 Å². The lowest BCUT2D eigenvalue weighted by molar-refractivity contribution is 0.100. The van der Waals surface area contributed by atoms with Crippen LogP contribution in [0.1, 0.15) is 29.0 Å². The van der Waals surface area contributed by atoms with Gasteiger partial charge in [-0.15, -0.1) is 0 Å². The van der Waals surface area contributed by atoms with Crippen molar-refractivity contribution in [3.8, 4) is 0 Å². The van der Waals surface area contributed by atoms with Gasteiger partial charge in [-0.1, -0.05) is 29.3 Å². The molecule has 29 heavy (non-hydrogen) atoms. The number of amides is 1. The summed E-state index contributed by atoms with van der Waals surface area (Å²) >= 11 is 11.7. The van der Waals surface area contributed by atoms with Crippen molar-refractivity contribution in [2.24, 2.45) is 10.7 Å². The molecule has 0 aliphatic rings. The predicted octanol–water partition coefficient (Wildman–Crippen LogP) is 3.08. The maximum atomic E-state index is 13.8. The molecule has 0 spiro atoms. The number of methoxy groups -OCH3 is 1. The van der Waals surface area contributed by atoms with Crippen molar-refractivity contribution in [2.45, 2.75) is 19.1 Å². The number of aliphatic imine (C=N–C) groups is 1. The van der Waals surface area contributed by atoms with Gasteiger partial charge in [0.15, 0.2) is 0 Å². The van der Waals surface area contributed by atoms with E-state index in [0.717, 1.165) is 6.07 Å². The predicted molar refractivity (Wildman–Crippen MR) is 114 cm³/mol. The Labute approximate surface area is 178 Å². The van der Waals surface area contributed by atoms with Crippen molar-refractivity contribution in [3.63, 3.8) is 0 Å². The molecule has 7 nitrogen and oxygen atoms in total. The van der Waals surface area contributed by atoms with Gasteiger partial charge in [-0.05, 0) is 37.3 Å². The van der Waals surface area contributed by atoms with Crippen molar-refractivity contribution < 1.29 is 13.9 Å². The molecule has 1 amide bonds. The third kappa shape index (κ3) is 6.57. The molecule has 156 valence electrons. The minimum atomic E-state index is -0.963. The van der Waals surface area contributed by atoms with Crippen LogP contribution in [0.25, 0.3) is 0 Å². The maximum absolute atomic E-state index is 13.8. The molecule has 0 bridgehead atoms. The highest BCUT2D eigenvalue weighted by Crippen LogP contribution is 2.25. The average molecular weight is 442 g/mol. The number of nitrogen functional groups attached to an aromatic ring is 1. The molecular weight excluding hydrogens is 420 g/mol. The van der Waals surface area contributed by atoms with E-state index in [2.05, 4.69) is 15.6 Å². The summed E-state index contributed by atoms with van der Waals surface area (Å²) in [6.45, 7) is 2.17. The summed E-state index contributed by atoms with van der Waals surface area (Å²) in [4.78, 5) is 16.6. The van der Waals surface area contributed by atoms with Crippen molar-refractivity contribution >= 4 is 40.8 Å². The second-order valence-electron chi connectivity index (χ2n) is 6.29. The van der Waals surface area contributed by atoms with E-state index in [1.54, 1.807) is 25.3 Å². The van der Waals surface area contributed by atoms with Crippen LogP contribution in [-0.2, 0) is 4.74 Å². The van der Waals surface area contributed by atoms with E-state index >= 15 is 0 Å². The number of guanidine groups is 1. The fourth-order valence-corrected chi connectivity index (χ4v) is 2.85. The molecule has 0 saturated heterocycles. The first-order valence-electron chi connectivity index (χ1n) is 8.61. The molecule has 0 saturated carbocycles. The number of anilines is 1. The molecule has 2 rings (SSSR count). The fourth-order valence-electron chi connectivity index (χ4n) is 2.49. The Morgan fingerprint density at radius 3 is 2.66 bits per heavy atom. The van der Waals surface area contributed by atoms with E-state index in [4.69, 9.17) is 39.4 Å². The molecule has 0 heterocycles. The summed E-state index contributed by atoms with van der Waals surface area (Å²) in [5, 5.41) is 6.13. The first-order chi connectivity index (χ1) is 13.7. The number of carbonyl (C=O) groups is 1. The Balaban J connectivity index is 2.30. The zero-order chi connectivity index (χ0) is 21.6. The van der Waals surface area contributed by atoms with Crippen LogP contribution in [0.5, 0.6) is 0 Å². The highest BCUT2D eigenvalue weighted by Gasteiger charge is 2.17. The number of halogens is 3. The van der Waals surface area contributed by atoms with Crippen LogP contribution in [0.15, 0.2) is 41.4 Å². The van der Waals surface area contributed by atoms with Crippen LogP contribution in [0.2, 0.25) is 10.0 Å². The number of hydrogen-bond acceptors (Lipinski definition) is 4. The van der Waals surface area contributed by atoms with Crippen LogP contribution in [0, 0.1) is 5.82 Å². The molecule has 0 aliphatic carbocycles. The quantitative estimate of drug-likeness (QED) is 0.237. The summed E-state index contributed by atoms with van der Waals surface area (Å²) in [6, 6.07) is 8.56. The van der Waals surface area contributed by atoms with Gasteiger partial charge < -0.3 is 26.8 Å². The zero-order valence-corrected chi connectivity index (χ0v) is 17.4. The number of nitrogens with one attached hydrogen (secondary N) is 2. The molecular formula is C19H22Cl2FN5O2. The molecule has 2 aromatic rings. The number of benzene rings is 2. The molecule has 1 unspecified atom stereocenters. The maximum Gasteiger partial charge on any atom is 0.280 e. The van der Waals surface area contributed by atoms with E-state index in [1.807, 2.05) is 6.92 Å². The van der Waals surface area contributed by atoms with Crippen molar-refractivity contribution in [1.82, 2.24) is 10.6 Å². The standard InChI is InChI=1S/C19H22Cl2FN5O2/c1-10(9-29-2)25-19(27-18(28)11-4-3-5-12(20)6-11)26-17(24)13-7-15(22)14(21)8-16(13)23/h3-8,10,17H,9,23-24H2,1-2H3,(H2,25,26,27,28)/t10-,17?/m0/s1. The van der Waals surface area contributed by atoms with Gasteiger partial charge in [0.2, 0.25) is 5.96 Å². The molecule has 0 fully saturated rings. The Morgan fingerprint density at radius 2 is 2.00 bits per heavy atom. The minimum Gasteiger partial charge on any atom is -0.398 e. The Hall–Kier alpha value is -2.39. The van der Waals surface area contributed by atoms with E-state index in [1.165, 1.54) is 12.1 Å². The number of carbonyl (C=O) groups excluding carboxylic acids is 1. The third-order valence-corrected chi connectivity index (χ3v) is 4.36. The molecule has 0 aromatic heterocycles. The van der Waals surface area contributed by atoms with Crippen LogP contribution in [0.3, 0.4) is 0 Å². The van der Waals surface area contributed by atoms with Crippen LogP contribution < -0.4 is 22.1 Å². The van der Waals surface area contributed by atoms with E-state index < -0.39 is 17.9 Å². The minimum absolute atomic E-state index is 0.0711. The Morgan fingerprint density at radius 1 is 1.28 bits per heavy atom. The normalized spacial score (nSPS) is 13.7. The van der Waals surface area contributed by atoms with Crippen molar-refractivity contribution in [2.75, 3.05) is 19.5 Å². The fraction of sp³-hybridized carbons (Fsp3) is 0.263. The van der Waals surface area contributed by atoms with Gasteiger partial charge in [-0.2, -0.15) is 4.99 Å². The lowest BCUT2D eigenvalue weighted by Crippen LogP contribution is -2.47. The van der Waals surface area contributed by atoms with Gasteiger partial charge in [0.05, 0.1) is 11.6 Å². The van der Waals surface area contributed by atoms with Gasteiger partial charge in [0, 0.05) is 35.0 Å². The first kappa shape index (κ1) is 22.9. The third-order valence-electron chi connectivity index (χ3n) is 3.84. The van der Waals surface area contributed by atoms with Gasteiger partial charge in [-0.3, -0.25) is 4.79 Å². The van der Waals surface area contributed by atoms with Gasteiger partial charge >= 0.3 is 0 Å². The second kappa shape index (κ2) is 10.4. The van der Waals surface area contributed by atoms with Crippen LogP contribution in [0.4, 0.5) is 10.1 Å². The summed E-state index contributed by atoms with van der Waals surface area (Å²) < 4.78 is 18.9. The van der Waals surface area contributed by atoms with E-state index in [-0.39, 0.29) is 28.3 Å². The summed E-state index contributed by atoms with van der Waals surface area (Å²) in [6.07, 6.45) is -0.963. The van der Waals surface area contributed by atoms with Crippen LogP contribution >= 0.6 is 23.2 Å². The largest absolute Gasteiger partial charge is 0.398 e. The van der Waals surface area contributed by atoms with Crippen LogP contribution in [-0.4, -0.2) is 31.6 Å². The highest BCUT2D eigenvalue weighted by molar-refractivity contribution is 6.31. The van der Waals surface area contributed by atoms with Gasteiger partial charge in [-0.25, -0.2) is 4.39 Å². The smallest absolute Gasteiger partial charge is 0.280 e. The number of rotatable bonds is 6. The molecule has 0 radical (unpaired) electrons. The second-order valence-corrected chi connectivity index (χ2v) is 7.14. The zero-order valence-electron chi connectivity index (χ0n) is 15.9. The monoisotopic (exact) mass is 441 g/mol. The average Bonchev–Trinajstić information content (AvgIpc) is 2.64. The Bertz CT molecular complexity index is 910. The number of ether oxygens (including phenoxy) is 1. The SMILES string of the molecule is COC[C@H](C)N/C(=N\C(=O)c1cccc(Cl)c1)NC(N)c1cc(F)c(Cl)cc1N. The first-order valence-corrected chi connectivity index (χ1v) is 9.37. The summed E-state index contributed by atoms with van der Waals surface area (Å²) in [7, 11) is 1.54. The summed E-state index contributed by atoms with van der Waals surface area (Å²) in [5.41, 5.74) is 12.8. The van der Waals surface area contributed by atoms with E-state index in [9.17, 15) is 9.18 Å². The highest BCUT2D eigenvalue weighted by atomic mass is 35.5. The number of nitrogens with zero attached hydrogens (tertiary/aromatic N) is 1. The molecule has 6 N–H and O–H groups in total. The molecule has 2 aromatic carbocycles. The lowest BCUT2D eigenvalue weighted by Gasteiger charge is -2.22. The van der Waals surface area contributed by atoms with Crippen molar-refractivity contribution in [1.29, 1.82) is 0 Å². The molecule has 10 heteroatoms. The van der Waals surface area contributed by atoms with Gasteiger partial charge in [0.25, 0.3) is 5.91 Å². The number of nitrogens with two attached hydrogens (primary N) is 2. The Kier molecular flexibility index (Phi) is 8.21. The number of hydrogen-bond donors (Lipinski definition) is 4. The molecule has 2 atom stereocenters. The summed E-state index contributed by atoms with van der Waals surface area (Å²) in [5.74, 6) is -1.14.